The average molecular weight is 550 g/mol. The number of carboxylic acids is 1. The lowest BCUT2D eigenvalue weighted by molar-refractivity contribution is -0.192. The maximum Gasteiger partial charge on any atom is 0.490 e. The van der Waals surface area contributed by atoms with Crippen LogP contribution in [0.1, 0.15) is 37.8 Å². The molecule has 0 atom stereocenters. The Morgan fingerprint density at radius 1 is 0.897 bits per heavy atom. The molecule has 0 radical (unpaired) electrons. The first-order valence-corrected chi connectivity index (χ1v) is 11.1. The second kappa shape index (κ2) is 12.9. The van der Waals surface area contributed by atoms with Crippen molar-refractivity contribution in [2.24, 2.45) is 19.8 Å². The topological polar surface area (TPSA) is 184 Å². The summed E-state index contributed by atoms with van der Waals surface area (Å²) in [4.78, 5) is 46.3. The number of benzene rings is 1. The minimum atomic E-state index is -5.08. The summed E-state index contributed by atoms with van der Waals surface area (Å²) in [6.45, 7) is 0.252. The monoisotopic (exact) mass is 549 g/mol. The molecule has 2 aromatic heterocycles. The molecule has 7 N–H and O–H groups in total. The van der Waals surface area contributed by atoms with Gasteiger partial charge in [0.25, 0.3) is 17.7 Å². The number of hydrogen-bond acceptors (Lipinski definition) is 5. The Labute approximate surface area is 220 Å². The molecule has 0 aliphatic rings. The second-order valence-electron chi connectivity index (χ2n) is 8.06. The van der Waals surface area contributed by atoms with E-state index in [2.05, 4.69) is 16.0 Å². The number of carboxylic acid groups (broad SMARTS) is 1. The fourth-order valence-electron chi connectivity index (χ4n) is 3.11. The summed E-state index contributed by atoms with van der Waals surface area (Å²) in [6.07, 6.45) is -1.55. The number of amidine groups is 1. The van der Waals surface area contributed by atoms with Crippen molar-refractivity contribution in [1.29, 1.82) is 5.41 Å². The first-order valence-electron chi connectivity index (χ1n) is 11.1. The van der Waals surface area contributed by atoms with Crippen LogP contribution in [0.2, 0.25) is 0 Å². The third-order valence-electron chi connectivity index (χ3n) is 4.95. The third-order valence-corrected chi connectivity index (χ3v) is 4.95. The number of nitrogens with zero attached hydrogens (tertiary/aromatic N) is 2. The van der Waals surface area contributed by atoms with Crippen LogP contribution in [0.15, 0.2) is 54.9 Å². The lowest BCUT2D eigenvalue weighted by Crippen LogP contribution is -2.28. The molecule has 2 heterocycles. The molecule has 0 fully saturated rings. The van der Waals surface area contributed by atoms with E-state index in [0.717, 1.165) is 0 Å². The molecule has 0 saturated carbocycles. The van der Waals surface area contributed by atoms with E-state index in [0.29, 0.717) is 28.3 Å². The third kappa shape index (κ3) is 9.07. The van der Waals surface area contributed by atoms with E-state index >= 15 is 0 Å². The van der Waals surface area contributed by atoms with E-state index in [1.807, 2.05) is 6.07 Å². The predicted molar refractivity (Wildman–Crippen MR) is 136 cm³/mol. The van der Waals surface area contributed by atoms with Crippen LogP contribution in [0.3, 0.4) is 0 Å². The fraction of sp³-hybridized carbons (Fsp3) is 0.208. The van der Waals surface area contributed by atoms with E-state index in [-0.39, 0.29) is 36.5 Å². The van der Waals surface area contributed by atoms with E-state index in [1.54, 1.807) is 72.0 Å². The van der Waals surface area contributed by atoms with Gasteiger partial charge in [0.2, 0.25) is 0 Å². The molecule has 0 aliphatic heterocycles. The zero-order valence-corrected chi connectivity index (χ0v) is 20.8. The van der Waals surface area contributed by atoms with Gasteiger partial charge in [-0.2, -0.15) is 13.2 Å². The Balaban J connectivity index is 0.000000673. The quantitative estimate of drug-likeness (QED) is 0.185. The Hall–Kier alpha value is -5.08. The Bertz CT molecular complexity index is 1360. The average Bonchev–Trinajstić information content (AvgIpc) is 3.40. The van der Waals surface area contributed by atoms with E-state index in [1.165, 1.54) is 0 Å². The molecule has 1 aromatic carbocycles. The van der Waals surface area contributed by atoms with Gasteiger partial charge >= 0.3 is 12.1 Å². The number of aromatic nitrogens is 2. The van der Waals surface area contributed by atoms with Crippen molar-refractivity contribution in [3.05, 3.63) is 71.8 Å². The molecule has 0 saturated heterocycles. The molecule has 3 amide bonds. The zero-order valence-electron chi connectivity index (χ0n) is 20.8. The lowest BCUT2D eigenvalue weighted by Gasteiger charge is -2.04. The van der Waals surface area contributed by atoms with Gasteiger partial charge in [-0.15, -0.1) is 0 Å². The fourth-order valence-corrected chi connectivity index (χ4v) is 3.11. The summed E-state index contributed by atoms with van der Waals surface area (Å²) in [7, 11) is 3.39. The highest BCUT2D eigenvalue weighted by Gasteiger charge is 2.38. The molecule has 0 unspecified atom stereocenters. The largest absolute Gasteiger partial charge is 0.490 e. The van der Waals surface area contributed by atoms with Gasteiger partial charge in [-0.3, -0.25) is 19.8 Å². The maximum atomic E-state index is 12.7. The molecule has 15 heteroatoms. The minimum Gasteiger partial charge on any atom is -0.475 e. The van der Waals surface area contributed by atoms with Crippen LogP contribution in [-0.4, -0.2) is 56.5 Å². The molecule has 3 aromatic rings. The summed E-state index contributed by atoms with van der Waals surface area (Å²) >= 11 is 0. The van der Waals surface area contributed by atoms with Crippen LogP contribution < -0.4 is 21.7 Å². The maximum absolute atomic E-state index is 12.7. The van der Waals surface area contributed by atoms with Gasteiger partial charge in [-0.05, 0) is 24.3 Å². The van der Waals surface area contributed by atoms with Gasteiger partial charge in [0, 0.05) is 45.0 Å². The second-order valence-corrected chi connectivity index (χ2v) is 8.06. The van der Waals surface area contributed by atoms with E-state index in [9.17, 15) is 27.6 Å². The van der Waals surface area contributed by atoms with Crippen molar-refractivity contribution in [2.45, 2.75) is 12.6 Å². The van der Waals surface area contributed by atoms with Crippen molar-refractivity contribution in [3.8, 4) is 0 Å². The first-order chi connectivity index (χ1) is 18.2. The number of rotatable bonds is 8. The number of aryl methyl sites for hydroxylation is 2. The van der Waals surface area contributed by atoms with E-state index < -0.39 is 12.1 Å². The molecule has 39 heavy (non-hydrogen) atoms. The highest BCUT2D eigenvalue weighted by atomic mass is 19.4. The van der Waals surface area contributed by atoms with Gasteiger partial charge in [-0.25, -0.2) is 4.79 Å². The van der Waals surface area contributed by atoms with Gasteiger partial charge < -0.3 is 35.9 Å². The molecule has 0 spiro atoms. The smallest absolute Gasteiger partial charge is 0.475 e. The number of hydrogen-bond donors (Lipinski definition) is 6. The van der Waals surface area contributed by atoms with E-state index in [4.69, 9.17) is 21.0 Å². The number of carbonyl (C=O) groups excluding carboxylic acids is 3. The van der Waals surface area contributed by atoms with Crippen molar-refractivity contribution >= 4 is 40.9 Å². The number of alkyl halides is 3. The van der Waals surface area contributed by atoms with Crippen LogP contribution in [-0.2, 0) is 18.9 Å². The van der Waals surface area contributed by atoms with Crippen molar-refractivity contribution in [1.82, 2.24) is 14.5 Å². The molecular formula is C24H26F3N7O5. The number of amides is 3. The predicted octanol–water partition coefficient (Wildman–Crippen LogP) is 2.56. The summed E-state index contributed by atoms with van der Waals surface area (Å²) in [5.74, 6) is -3.76. The first kappa shape index (κ1) is 30.1. The van der Waals surface area contributed by atoms with Crippen LogP contribution in [0.4, 0.5) is 24.5 Å². The SMILES string of the molecule is Cn1cc(NC(=O)c2cc(NC(=O)c3ccccc3)cn2C)cc1C(=O)NCCC(=N)N.O=C(O)C(F)(F)F. The number of carbonyl (C=O) groups is 4. The van der Waals surface area contributed by atoms with Crippen LogP contribution in [0.25, 0.3) is 0 Å². The molecular weight excluding hydrogens is 523 g/mol. The Morgan fingerprint density at radius 2 is 1.36 bits per heavy atom. The zero-order chi connectivity index (χ0) is 29.3. The van der Waals surface area contributed by atoms with Gasteiger partial charge in [0.15, 0.2) is 0 Å². The normalized spacial score (nSPS) is 10.6. The van der Waals surface area contributed by atoms with Crippen LogP contribution >= 0.6 is 0 Å². The lowest BCUT2D eigenvalue weighted by atomic mass is 10.2. The molecule has 3 rings (SSSR count). The highest BCUT2D eigenvalue weighted by Crippen LogP contribution is 2.18. The van der Waals surface area contributed by atoms with Gasteiger partial charge in [-0.1, -0.05) is 18.2 Å². The van der Waals surface area contributed by atoms with Crippen LogP contribution in [0, 0.1) is 5.41 Å². The Morgan fingerprint density at radius 3 is 1.82 bits per heavy atom. The Kier molecular flexibility index (Phi) is 10.00. The van der Waals surface area contributed by atoms with Gasteiger partial charge in [0.05, 0.1) is 17.2 Å². The molecule has 208 valence electrons. The number of aliphatic carboxylic acids is 1. The van der Waals surface area contributed by atoms with Crippen molar-refractivity contribution in [3.63, 3.8) is 0 Å². The van der Waals surface area contributed by atoms with Crippen molar-refractivity contribution in [2.75, 3.05) is 17.2 Å². The molecule has 0 bridgehead atoms. The summed E-state index contributed by atoms with van der Waals surface area (Å²) in [6, 6.07) is 11.9. The minimum absolute atomic E-state index is 0.00738. The number of halogens is 3. The molecule has 0 aliphatic carbocycles. The number of anilines is 2. The summed E-state index contributed by atoms with van der Waals surface area (Å²) in [5.41, 5.74) is 7.43. The van der Waals surface area contributed by atoms with Crippen molar-refractivity contribution < 1.29 is 37.5 Å². The molecule has 12 nitrogen and oxygen atoms in total. The summed E-state index contributed by atoms with van der Waals surface area (Å²) < 4.78 is 34.9. The van der Waals surface area contributed by atoms with Crippen LogP contribution in [0.5, 0.6) is 0 Å². The number of nitrogens with two attached hydrogens (primary N) is 1. The standard InChI is InChI=1S/C22H25N7O3.C2HF3O2/c1-28-13-16(10-17(28)21(31)25-9-8-19(23)24)27-22(32)18-11-15(12-29(18)2)26-20(30)14-6-4-3-5-7-14;3-2(4,5)1(6)7/h3-7,10-13H,8-9H2,1-2H3,(H3,23,24)(H,25,31)(H,26,30)(H,27,32);(H,6,7). The number of nitrogens with one attached hydrogen (secondary N) is 4. The summed E-state index contributed by atoms with van der Waals surface area (Å²) in [5, 5.41) is 22.5. The highest BCUT2D eigenvalue weighted by molar-refractivity contribution is 6.07. The van der Waals surface area contributed by atoms with Gasteiger partial charge in [0.1, 0.15) is 11.4 Å².